The van der Waals surface area contributed by atoms with Crippen molar-refractivity contribution in [3.05, 3.63) is 35.9 Å². The van der Waals surface area contributed by atoms with Crippen LogP contribution in [0.5, 0.6) is 0 Å². The quantitative estimate of drug-likeness (QED) is 0.825. The molecule has 1 N–H and O–H groups in total. The molecule has 0 aliphatic heterocycles. The molecule has 0 saturated carbocycles. The molecule has 2 atom stereocenters. The fourth-order valence-electron chi connectivity index (χ4n) is 1.79. The van der Waals surface area contributed by atoms with Gasteiger partial charge in [-0.15, -0.1) is 0 Å². The van der Waals surface area contributed by atoms with E-state index in [0.717, 1.165) is 5.56 Å². The molecule has 1 aromatic rings. The number of carboxylic acids is 1. The Morgan fingerprint density at radius 1 is 1.20 bits per heavy atom. The molecule has 0 aromatic heterocycles. The highest BCUT2D eigenvalue weighted by Gasteiger charge is 2.42. The Labute approximate surface area is 123 Å². The van der Waals surface area contributed by atoms with Crippen LogP contribution in [0, 0.1) is 0 Å². The van der Waals surface area contributed by atoms with Crippen molar-refractivity contribution in [2.24, 2.45) is 0 Å². The van der Waals surface area contributed by atoms with E-state index < -0.39 is 20.4 Å². The molecule has 3 nitrogen and oxygen atoms in total. The SMILES string of the molecule is C[C@@H](c1ccccc1)[C@@H](O[Si](C)(C)C(C)(C)C)C(=O)O. The van der Waals surface area contributed by atoms with Gasteiger partial charge in [0, 0.05) is 5.92 Å². The topological polar surface area (TPSA) is 46.5 Å². The van der Waals surface area contributed by atoms with Crippen molar-refractivity contribution in [1.29, 1.82) is 0 Å². The molecule has 0 aliphatic rings. The van der Waals surface area contributed by atoms with E-state index in [1.54, 1.807) is 0 Å². The van der Waals surface area contributed by atoms with E-state index in [2.05, 4.69) is 33.9 Å². The van der Waals surface area contributed by atoms with E-state index in [1.807, 2.05) is 37.3 Å². The lowest BCUT2D eigenvalue weighted by atomic mass is 9.96. The third-order valence-corrected chi connectivity index (χ3v) is 8.71. The van der Waals surface area contributed by atoms with Crippen molar-refractivity contribution in [2.75, 3.05) is 0 Å². The molecular weight excluding hydrogens is 268 g/mol. The van der Waals surface area contributed by atoms with Crippen LogP contribution in [0.3, 0.4) is 0 Å². The van der Waals surface area contributed by atoms with Crippen molar-refractivity contribution in [3.63, 3.8) is 0 Å². The van der Waals surface area contributed by atoms with Gasteiger partial charge in [-0.25, -0.2) is 4.79 Å². The van der Waals surface area contributed by atoms with Crippen LogP contribution in [0.25, 0.3) is 0 Å². The summed E-state index contributed by atoms with van der Waals surface area (Å²) in [5.74, 6) is -1.05. The molecule has 0 bridgehead atoms. The summed E-state index contributed by atoms with van der Waals surface area (Å²) in [6.07, 6.45) is -0.793. The summed E-state index contributed by atoms with van der Waals surface area (Å²) in [5, 5.41) is 9.53. The highest BCUT2D eigenvalue weighted by atomic mass is 28.4. The highest BCUT2D eigenvalue weighted by Crippen LogP contribution is 2.39. The van der Waals surface area contributed by atoms with Gasteiger partial charge in [0.25, 0.3) is 0 Å². The van der Waals surface area contributed by atoms with Gasteiger partial charge in [-0.05, 0) is 23.7 Å². The average molecular weight is 294 g/mol. The first-order valence-electron chi connectivity index (χ1n) is 7.02. The number of rotatable bonds is 5. The molecule has 20 heavy (non-hydrogen) atoms. The Balaban J connectivity index is 2.99. The largest absolute Gasteiger partial charge is 0.479 e. The van der Waals surface area contributed by atoms with Crippen LogP contribution in [0.4, 0.5) is 0 Å². The Morgan fingerprint density at radius 3 is 2.10 bits per heavy atom. The first-order chi connectivity index (χ1) is 9.06. The van der Waals surface area contributed by atoms with Crippen LogP contribution in [-0.4, -0.2) is 25.5 Å². The number of hydrogen-bond donors (Lipinski definition) is 1. The van der Waals surface area contributed by atoms with Crippen molar-refractivity contribution < 1.29 is 14.3 Å². The predicted molar refractivity (Wildman–Crippen MR) is 84.6 cm³/mol. The van der Waals surface area contributed by atoms with Crippen molar-refractivity contribution >= 4 is 14.3 Å². The zero-order chi connectivity index (χ0) is 15.6. The standard InChI is InChI=1S/C16H26O3Si/c1-12(13-10-8-7-9-11-13)14(15(17)18)19-20(5,6)16(2,3)4/h7-12,14H,1-6H3,(H,17,18)/t12-,14+/m0/s1. The minimum atomic E-state index is -2.11. The molecule has 4 heteroatoms. The predicted octanol–water partition coefficient (Wildman–Crippen LogP) is 4.27. The maximum Gasteiger partial charge on any atom is 0.332 e. The Bertz CT molecular complexity index is 449. The smallest absolute Gasteiger partial charge is 0.332 e. The van der Waals surface area contributed by atoms with E-state index in [4.69, 9.17) is 4.43 Å². The normalized spacial score (nSPS) is 15.7. The summed E-state index contributed by atoms with van der Waals surface area (Å²) in [4.78, 5) is 11.6. The highest BCUT2D eigenvalue weighted by molar-refractivity contribution is 6.74. The van der Waals surface area contributed by atoms with Gasteiger partial charge in [0.2, 0.25) is 0 Å². The zero-order valence-electron chi connectivity index (χ0n) is 13.3. The van der Waals surface area contributed by atoms with E-state index >= 15 is 0 Å². The Kier molecular flexibility index (Phi) is 5.16. The molecule has 112 valence electrons. The number of carbonyl (C=O) groups is 1. The molecule has 0 unspecified atom stereocenters. The second-order valence-corrected chi connectivity index (χ2v) is 11.6. The van der Waals surface area contributed by atoms with Crippen LogP contribution in [0.15, 0.2) is 30.3 Å². The molecule has 0 saturated heterocycles. The van der Waals surface area contributed by atoms with Crippen LogP contribution >= 0.6 is 0 Å². The fourth-order valence-corrected chi connectivity index (χ4v) is 3.09. The summed E-state index contributed by atoms with van der Waals surface area (Å²) in [7, 11) is -2.11. The second kappa shape index (κ2) is 6.10. The monoisotopic (exact) mass is 294 g/mol. The lowest BCUT2D eigenvalue weighted by Gasteiger charge is -2.39. The molecule has 1 aromatic carbocycles. The summed E-state index contributed by atoms with van der Waals surface area (Å²) < 4.78 is 6.12. The van der Waals surface area contributed by atoms with E-state index in [9.17, 15) is 9.90 Å². The van der Waals surface area contributed by atoms with E-state index in [0.29, 0.717) is 0 Å². The Morgan fingerprint density at radius 2 is 1.70 bits per heavy atom. The third kappa shape index (κ3) is 3.93. The van der Waals surface area contributed by atoms with Crippen molar-refractivity contribution in [3.8, 4) is 0 Å². The van der Waals surface area contributed by atoms with Gasteiger partial charge in [0.15, 0.2) is 8.32 Å². The average Bonchev–Trinajstić information content (AvgIpc) is 2.34. The van der Waals surface area contributed by atoms with Crippen LogP contribution in [0.2, 0.25) is 18.1 Å². The maximum absolute atomic E-state index is 11.6. The summed E-state index contributed by atoms with van der Waals surface area (Å²) in [5.41, 5.74) is 0.999. The van der Waals surface area contributed by atoms with Crippen molar-refractivity contribution in [1.82, 2.24) is 0 Å². The number of carboxylic acid groups (broad SMARTS) is 1. The number of aliphatic carboxylic acids is 1. The van der Waals surface area contributed by atoms with E-state index in [1.165, 1.54) is 0 Å². The molecule has 0 aliphatic carbocycles. The van der Waals surface area contributed by atoms with Gasteiger partial charge >= 0.3 is 5.97 Å². The van der Waals surface area contributed by atoms with Crippen LogP contribution in [0.1, 0.15) is 39.2 Å². The molecule has 0 fully saturated rings. The fraction of sp³-hybridized carbons (Fsp3) is 0.562. The van der Waals surface area contributed by atoms with Gasteiger partial charge in [-0.2, -0.15) is 0 Å². The van der Waals surface area contributed by atoms with Gasteiger partial charge in [0.1, 0.15) is 6.10 Å². The molecule has 1 rings (SSSR count). The van der Waals surface area contributed by atoms with Gasteiger partial charge in [-0.1, -0.05) is 58.0 Å². The third-order valence-electron chi connectivity index (χ3n) is 4.25. The number of benzene rings is 1. The van der Waals surface area contributed by atoms with Crippen LogP contribution < -0.4 is 0 Å². The summed E-state index contributed by atoms with van der Waals surface area (Å²) >= 11 is 0. The summed E-state index contributed by atoms with van der Waals surface area (Å²) in [6, 6.07) is 9.69. The van der Waals surface area contributed by atoms with Gasteiger partial charge in [0.05, 0.1) is 0 Å². The first-order valence-corrected chi connectivity index (χ1v) is 9.92. The minimum Gasteiger partial charge on any atom is -0.479 e. The molecule has 0 heterocycles. The van der Waals surface area contributed by atoms with Crippen LogP contribution in [-0.2, 0) is 9.22 Å². The van der Waals surface area contributed by atoms with Crippen molar-refractivity contribution in [2.45, 2.75) is 57.8 Å². The van der Waals surface area contributed by atoms with Gasteiger partial charge in [-0.3, -0.25) is 0 Å². The number of hydrogen-bond acceptors (Lipinski definition) is 2. The lowest BCUT2D eigenvalue weighted by molar-refractivity contribution is -0.146. The van der Waals surface area contributed by atoms with E-state index in [-0.39, 0.29) is 11.0 Å². The minimum absolute atomic E-state index is 0.00287. The zero-order valence-corrected chi connectivity index (χ0v) is 14.3. The first kappa shape index (κ1) is 16.9. The molecule has 0 amide bonds. The molecule has 0 spiro atoms. The Hall–Kier alpha value is -1.13. The lowest BCUT2D eigenvalue weighted by Crippen LogP contribution is -2.47. The molecule has 0 radical (unpaired) electrons. The second-order valence-electron chi connectivity index (χ2n) is 6.84. The molecular formula is C16H26O3Si. The van der Waals surface area contributed by atoms with Gasteiger partial charge < -0.3 is 9.53 Å². The summed E-state index contributed by atoms with van der Waals surface area (Å²) in [6.45, 7) is 12.4. The maximum atomic E-state index is 11.6.